The molecule has 0 unspecified atom stereocenters. The average molecular weight is 290 g/mol. The highest BCUT2D eigenvalue weighted by atomic mass is 79.9. The Morgan fingerprint density at radius 1 is 1.25 bits per heavy atom. The van der Waals surface area contributed by atoms with Crippen molar-refractivity contribution < 1.29 is 9.53 Å². The molecule has 0 bridgehead atoms. The minimum Gasteiger partial charge on any atom is -0.377 e. The van der Waals surface area contributed by atoms with Crippen LogP contribution >= 0.6 is 15.9 Å². The van der Waals surface area contributed by atoms with Gasteiger partial charge in [-0.1, -0.05) is 22.4 Å². The lowest BCUT2D eigenvalue weighted by atomic mass is 9.84. The van der Waals surface area contributed by atoms with Crippen molar-refractivity contribution in [2.75, 3.05) is 25.0 Å². The molecular weight excluding hydrogens is 270 g/mol. The van der Waals surface area contributed by atoms with E-state index in [1.807, 2.05) is 4.90 Å². The molecule has 1 saturated carbocycles. The number of amides is 1. The lowest BCUT2D eigenvalue weighted by Gasteiger charge is -2.36. The number of alkyl halides is 1. The van der Waals surface area contributed by atoms with Crippen LogP contribution in [0.25, 0.3) is 0 Å². The number of likely N-dealkylation sites (tertiary alicyclic amines) is 1. The van der Waals surface area contributed by atoms with E-state index >= 15 is 0 Å². The summed E-state index contributed by atoms with van der Waals surface area (Å²) in [6.45, 7) is 2.56. The second-order valence-corrected chi connectivity index (χ2v) is 5.51. The highest BCUT2D eigenvalue weighted by Crippen LogP contribution is 2.29. The summed E-state index contributed by atoms with van der Waals surface area (Å²) in [5.41, 5.74) is 0. The van der Waals surface area contributed by atoms with Gasteiger partial charge >= 0.3 is 0 Å². The number of halogens is 1. The fraction of sp³-hybridized carbons (Fsp3) is 0.917. The molecular formula is C12H20BrNO2. The molecule has 16 heavy (non-hydrogen) atoms. The number of carbonyl (C=O) groups excluding carboxylic acids is 1. The van der Waals surface area contributed by atoms with Crippen LogP contribution in [0.3, 0.4) is 0 Å². The first-order valence-corrected chi connectivity index (χ1v) is 7.39. The van der Waals surface area contributed by atoms with Crippen LogP contribution in [0, 0.1) is 5.92 Å². The van der Waals surface area contributed by atoms with Gasteiger partial charge in [0.1, 0.15) is 0 Å². The van der Waals surface area contributed by atoms with Gasteiger partial charge in [-0.05, 0) is 25.7 Å². The predicted octanol–water partition coefficient (Wildman–Crippen LogP) is 2.19. The smallest absolute Gasteiger partial charge is 0.225 e. The van der Waals surface area contributed by atoms with Crippen LogP contribution in [0.4, 0.5) is 0 Å². The topological polar surface area (TPSA) is 29.5 Å². The molecule has 0 atom stereocenters. The maximum atomic E-state index is 12.0. The van der Waals surface area contributed by atoms with Crippen molar-refractivity contribution in [3.63, 3.8) is 0 Å². The molecule has 92 valence electrons. The molecule has 1 heterocycles. The normalized spacial score (nSPS) is 23.2. The maximum Gasteiger partial charge on any atom is 0.225 e. The average Bonchev–Trinajstić information content (AvgIpc) is 2.24. The van der Waals surface area contributed by atoms with E-state index in [4.69, 9.17) is 4.74 Å². The minimum absolute atomic E-state index is 0.347. The maximum absolute atomic E-state index is 12.0. The molecule has 1 aliphatic heterocycles. The first-order valence-electron chi connectivity index (χ1n) is 6.27. The van der Waals surface area contributed by atoms with Crippen LogP contribution in [0.1, 0.15) is 32.1 Å². The molecule has 3 nitrogen and oxygen atoms in total. The van der Waals surface area contributed by atoms with E-state index in [1.165, 1.54) is 6.42 Å². The number of ether oxygens (including phenoxy) is 1. The summed E-state index contributed by atoms with van der Waals surface area (Å²) in [7, 11) is 0. The van der Waals surface area contributed by atoms with Crippen molar-refractivity contribution >= 4 is 21.8 Å². The number of piperidine rings is 1. The Morgan fingerprint density at radius 3 is 2.44 bits per heavy atom. The summed E-state index contributed by atoms with van der Waals surface area (Å²) in [5, 5.41) is 0.897. The van der Waals surface area contributed by atoms with Gasteiger partial charge in [0, 0.05) is 24.3 Å². The molecule has 2 aliphatic rings. The van der Waals surface area contributed by atoms with Crippen molar-refractivity contribution in [2.45, 2.75) is 38.2 Å². The summed E-state index contributed by atoms with van der Waals surface area (Å²) in [6.07, 6.45) is 5.83. The molecule has 0 aromatic rings. The van der Waals surface area contributed by atoms with E-state index in [0.29, 0.717) is 17.9 Å². The Bertz CT molecular complexity index is 235. The van der Waals surface area contributed by atoms with Gasteiger partial charge in [-0.3, -0.25) is 4.79 Å². The Kier molecular flexibility index (Phi) is 4.65. The lowest BCUT2D eigenvalue weighted by molar-refractivity contribution is -0.140. The molecule has 2 rings (SSSR count). The zero-order valence-corrected chi connectivity index (χ0v) is 11.2. The van der Waals surface area contributed by atoms with Crippen molar-refractivity contribution in [1.29, 1.82) is 0 Å². The van der Waals surface area contributed by atoms with E-state index in [1.54, 1.807) is 0 Å². The molecule has 1 aliphatic carbocycles. The van der Waals surface area contributed by atoms with Gasteiger partial charge in [-0.15, -0.1) is 0 Å². The number of hydrogen-bond donors (Lipinski definition) is 0. The summed E-state index contributed by atoms with van der Waals surface area (Å²) in [5.74, 6) is 0.741. The van der Waals surface area contributed by atoms with Crippen LogP contribution < -0.4 is 0 Å². The largest absolute Gasteiger partial charge is 0.377 e. The van der Waals surface area contributed by atoms with Crippen LogP contribution in [0.5, 0.6) is 0 Å². The van der Waals surface area contributed by atoms with Gasteiger partial charge < -0.3 is 9.64 Å². The van der Waals surface area contributed by atoms with Crippen molar-refractivity contribution in [3.8, 4) is 0 Å². The second-order valence-electron chi connectivity index (χ2n) is 4.71. The van der Waals surface area contributed by atoms with E-state index in [2.05, 4.69) is 15.9 Å². The minimum atomic E-state index is 0.347. The van der Waals surface area contributed by atoms with Crippen molar-refractivity contribution in [1.82, 2.24) is 4.90 Å². The fourth-order valence-corrected chi connectivity index (χ4v) is 2.55. The molecule has 0 aromatic heterocycles. The SMILES string of the molecule is O=C(C1CCC1)N1CCC(OCCBr)CC1. The molecule has 0 N–H and O–H groups in total. The Labute approximate surface area is 106 Å². The number of carbonyl (C=O) groups is 1. The summed E-state index contributed by atoms with van der Waals surface area (Å²) in [6, 6.07) is 0. The van der Waals surface area contributed by atoms with Crippen molar-refractivity contribution in [3.05, 3.63) is 0 Å². The predicted molar refractivity (Wildman–Crippen MR) is 66.7 cm³/mol. The molecule has 2 fully saturated rings. The quantitative estimate of drug-likeness (QED) is 0.743. The highest BCUT2D eigenvalue weighted by molar-refractivity contribution is 9.09. The van der Waals surface area contributed by atoms with Gasteiger partial charge in [-0.25, -0.2) is 0 Å². The third-order valence-corrected chi connectivity index (χ3v) is 3.96. The summed E-state index contributed by atoms with van der Waals surface area (Å²) < 4.78 is 5.68. The van der Waals surface area contributed by atoms with Gasteiger partial charge in [0.15, 0.2) is 0 Å². The summed E-state index contributed by atoms with van der Waals surface area (Å²) >= 11 is 3.36. The van der Waals surface area contributed by atoms with Crippen molar-refractivity contribution in [2.24, 2.45) is 5.92 Å². The Balaban J connectivity index is 1.69. The third kappa shape index (κ3) is 2.98. The van der Waals surface area contributed by atoms with Gasteiger partial charge in [0.05, 0.1) is 12.7 Å². The van der Waals surface area contributed by atoms with Gasteiger partial charge in [-0.2, -0.15) is 0 Å². The van der Waals surface area contributed by atoms with E-state index in [0.717, 1.165) is 50.7 Å². The first kappa shape index (κ1) is 12.4. The van der Waals surface area contributed by atoms with Crippen LogP contribution in [-0.4, -0.2) is 41.9 Å². The fourth-order valence-electron chi connectivity index (χ4n) is 2.37. The molecule has 1 amide bonds. The number of nitrogens with zero attached hydrogens (tertiary/aromatic N) is 1. The van der Waals surface area contributed by atoms with Crippen LogP contribution in [-0.2, 0) is 9.53 Å². The Morgan fingerprint density at radius 2 is 1.94 bits per heavy atom. The molecule has 1 saturated heterocycles. The zero-order valence-electron chi connectivity index (χ0n) is 9.66. The Hall–Kier alpha value is -0.0900. The third-order valence-electron chi connectivity index (χ3n) is 3.64. The van der Waals surface area contributed by atoms with Crippen LogP contribution in [0.15, 0.2) is 0 Å². The monoisotopic (exact) mass is 289 g/mol. The van der Waals surface area contributed by atoms with E-state index in [9.17, 15) is 4.79 Å². The number of hydrogen-bond acceptors (Lipinski definition) is 2. The standard InChI is InChI=1S/C12H20BrNO2/c13-6-9-16-11-4-7-14(8-5-11)12(15)10-2-1-3-10/h10-11H,1-9H2. The molecule has 0 spiro atoms. The second kappa shape index (κ2) is 6.01. The number of rotatable bonds is 4. The molecule has 4 heteroatoms. The van der Waals surface area contributed by atoms with E-state index < -0.39 is 0 Å². The first-order chi connectivity index (χ1) is 7.81. The zero-order chi connectivity index (χ0) is 11.4. The van der Waals surface area contributed by atoms with E-state index in [-0.39, 0.29) is 0 Å². The summed E-state index contributed by atoms with van der Waals surface area (Å²) in [4.78, 5) is 14.0. The van der Waals surface area contributed by atoms with Gasteiger partial charge in [0.25, 0.3) is 0 Å². The van der Waals surface area contributed by atoms with Crippen LogP contribution in [0.2, 0.25) is 0 Å². The highest BCUT2D eigenvalue weighted by Gasteiger charge is 2.31. The molecule has 0 aromatic carbocycles. The lowest BCUT2D eigenvalue weighted by Crippen LogP contribution is -2.45. The molecule has 0 radical (unpaired) electrons. The van der Waals surface area contributed by atoms with Gasteiger partial charge in [0.2, 0.25) is 5.91 Å².